The third-order valence-corrected chi connectivity index (χ3v) is 5.02. The van der Waals surface area contributed by atoms with E-state index in [1.807, 2.05) is 18.2 Å². The molecule has 3 unspecified atom stereocenters. The highest BCUT2D eigenvalue weighted by molar-refractivity contribution is 14.0. The van der Waals surface area contributed by atoms with Crippen LogP contribution in [0.1, 0.15) is 35.7 Å². The molecule has 0 saturated heterocycles. The summed E-state index contributed by atoms with van der Waals surface area (Å²) in [4.78, 5) is 5.54. The van der Waals surface area contributed by atoms with E-state index in [2.05, 4.69) is 34.0 Å². The van der Waals surface area contributed by atoms with Crippen LogP contribution < -0.4 is 10.6 Å². The number of thiophene rings is 1. The lowest BCUT2D eigenvalue weighted by Gasteiger charge is -2.17. The monoisotopic (exact) mass is 445 g/mol. The van der Waals surface area contributed by atoms with Crippen LogP contribution in [-0.4, -0.2) is 19.0 Å². The van der Waals surface area contributed by atoms with E-state index in [0.29, 0.717) is 0 Å². The van der Waals surface area contributed by atoms with E-state index in [-0.39, 0.29) is 47.8 Å². The van der Waals surface area contributed by atoms with E-state index in [4.69, 9.17) is 0 Å². The second-order valence-electron chi connectivity index (χ2n) is 5.57. The van der Waals surface area contributed by atoms with E-state index in [1.54, 1.807) is 24.5 Å². The van der Waals surface area contributed by atoms with Crippen LogP contribution in [0.25, 0.3) is 0 Å². The summed E-state index contributed by atoms with van der Waals surface area (Å²) in [5.41, 5.74) is 0.793. The van der Waals surface area contributed by atoms with Crippen LogP contribution in [0.3, 0.4) is 0 Å². The fourth-order valence-corrected chi connectivity index (χ4v) is 3.37. The Kier molecular flexibility index (Phi) is 6.41. The van der Waals surface area contributed by atoms with E-state index >= 15 is 0 Å². The Morgan fingerprint density at radius 3 is 2.74 bits per heavy atom. The van der Waals surface area contributed by atoms with Crippen molar-refractivity contribution >= 4 is 41.3 Å². The summed E-state index contributed by atoms with van der Waals surface area (Å²) in [6, 6.07) is 11.6. The molecule has 6 heteroatoms. The van der Waals surface area contributed by atoms with Crippen molar-refractivity contribution in [3.8, 4) is 0 Å². The first-order chi connectivity index (χ1) is 10.7. The molecule has 0 bridgehead atoms. The first kappa shape index (κ1) is 18.2. The zero-order valence-corrected chi connectivity index (χ0v) is 16.3. The fraction of sp³-hybridized carbons (Fsp3) is 0.353. The number of benzene rings is 1. The smallest absolute Gasteiger partial charge is 0.191 e. The topological polar surface area (TPSA) is 36.4 Å². The van der Waals surface area contributed by atoms with Crippen LogP contribution in [0.5, 0.6) is 0 Å². The highest BCUT2D eigenvalue weighted by atomic mass is 127. The zero-order chi connectivity index (χ0) is 15.5. The number of rotatable bonds is 4. The van der Waals surface area contributed by atoms with Gasteiger partial charge in [0.2, 0.25) is 0 Å². The number of nitrogens with one attached hydrogen (secondary N) is 2. The summed E-state index contributed by atoms with van der Waals surface area (Å²) in [6.07, 6.45) is 0.940. The van der Waals surface area contributed by atoms with Gasteiger partial charge in [0.15, 0.2) is 5.96 Å². The number of nitrogens with zero attached hydrogens (tertiary/aromatic N) is 1. The third-order valence-electron chi connectivity index (χ3n) is 3.96. The van der Waals surface area contributed by atoms with Gasteiger partial charge in [-0.25, -0.2) is 4.39 Å². The summed E-state index contributed by atoms with van der Waals surface area (Å²) in [5, 5.41) is 8.84. The molecule has 2 N–H and O–H groups in total. The lowest BCUT2D eigenvalue weighted by atomic mass is 10.1. The van der Waals surface area contributed by atoms with Gasteiger partial charge in [-0.3, -0.25) is 4.99 Å². The predicted molar refractivity (Wildman–Crippen MR) is 105 cm³/mol. The maximum atomic E-state index is 13.8. The van der Waals surface area contributed by atoms with Gasteiger partial charge in [-0.05, 0) is 36.4 Å². The standard InChI is InChI=1S/C17H20FN3S.HI/c1-11(16-8-5-9-22-16)20-17(19-2)21-15-10-13(15)12-6-3-4-7-14(12)18;/h3-9,11,13,15H,10H2,1-2H3,(H2,19,20,21);1H. The normalized spacial score (nSPS) is 21.3. The summed E-state index contributed by atoms with van der Waals surface area (Å²) >= 11 is 1.72. The van der Waals surface area contributed by atoms with Crippen LogP contribution in [0.4, 0.5) is 4.39 Å². The molecule has 0 aliphatic heterocycles. The minimum atomic E-state index is -0.119. The molecule has 1 saturated carbocycles. The van der Waals surface area contributed by atoms with Crippen molar-refractivity contribution in [2.45, 2.75) is 31.3 Å². The van der Waals surface area contributed by atoms with Crippen molar-refractivity contribution < 1.29 is 4.39 Å². The molecular formula is C17H21FIN3S. The first-order valence-electron chi connectivity index (χ1n) is 7.46. The first-order valence-corrected chi connectivity index (χ1v) is 8.34. The molecule has 2 aromatic rings. The van der Waals surface area contributed by atoms with E-state index in [9.17, 15) is 4.39 Å². The summed E-state index contributed by atoms with van der Waals surface area (Å²) in [6.45, 7) is 2.11. The van der Waals surface area contributed by atoms with Gasteiger partial charge in [0.05, 0.1) is 6.04 Å². The molecule has 23 heavy (non-hydrogen) atoms. The molecule has 1 fully saturated rings. The molecule has 1 aromatic heterocycles. The number of hydrogen-bond donors (Lipinski definition) is 2. The Balaban J connectivity index is 0.00000192. The van der Waals surface area contributed by atoms with Gasteiger partial charge in [-0.2, -0.15) is 0 Å². The van der Waals surface area contributed by atoms with Gasteiger partial charge in [0, 0.05) is 23.9 Å². The van der Waals surface area contributed by atoms with Crippen molar-refractivity contribution in [2.75, 3.05) is 7.05 Å². The number of guanidine groups is 1. The van der Waals surface area contributed by atoms with E-state index < -0.39 is 0 Å². The second-order valence-corrected chi connectivity index (χ2v) is 6.55. The average Bonchev–Trinajstić information content (AvgIpc) is 3.05. The van der Waals surface area contributed by atoms with Gasteiger partial charge < -0.3 is 10.6 Å². The molecule has 1 aliphatic rings. The van der Waals surface area contributed by atoms with Crippen LogP contribution in [-0.2, 0) is 0 Å². The van der Waals surface area contributed by atoms with Gasteiger partial charge >= 0.3 is 0 Å². The fourth-order valence-electron chi connectivity index (χ4n) is 2.63. The van der Waals surface area contributed by atoms with Crippen molar-refractivity contribution in [3.63, 3.8) is 0 Å². The zero-order valence-electron chi connectivity index (χ0n) is 13.1. The minimum absolute atomic E-state index is 0. The molecule has 0 amide bonds. The molecule has 3 nitrogen and oxygen atoms in total. The van der Waals surface area contributed by atoms with Crippen molar-refractivity contribution in [1.82, 2.24) is 10.6 Å². The van der Waals surface area contributed by atoms with Crippen LogP contribution in [0.2, 0.25) is 0 Å². The highest BCUT2D eigenvalue weighted by Crippen LogP contribution is 2.41. The van der Waals surface area contributed by atoms with E-state index in [0.717, 1.165) is 17.9 Å². The lowest BCUT2D eigenvalue weighted by Crippen LogP contribution is -2.40. The molecular weight excluding hydrogens is 424 g/mol. The van der Waals surface area contributed by atoms with Crippen molar-refractivity contribution in [1.29, 1.82) is 0 Å². The predicted octanol–water partition coefficient (Wildman–Crippen LogP) is 4.29. The Morgan fingerprint density at radius 1 is 1.30 bits per heavy atom. The second kappa shape index (κ2) is 8.10. The van der Waals surface area contributed by atoms with Gasteiger partial charge in [-0.15, -0.1) is 35.3 Å². The van der Waals surface area contributed by atoms with Gasteiger partial charge in [0.25, 0.3) is 0 Å². The largest absolute Gasteiger partial charge is 0.353 e. The molecule has 0 spiro atoms. The molecule has 1 heterocycles. The molecule has 1 aliphatic carbocycles. The summed E-state index contributed by atoms with van der Waals surface area (Å²) in [5.74, 6) is 0.883. The Morgan fingerprint density at radius 2 is 2.09 bits per heavy atom. The lowest BCUT2D eigenvalue weighted by molar-refractivity contribution is 0.607. The average molecular weight is 445 g/mol. The number of hydrogen-bond acceptors (Lipinski definition) is 2. The van der Waals surface area contributed by atoms with Gasteiger partial charge in [-0.1, -0.05) is 24.3 Å². The molecule has 1 aromatic carbocycles. The molecule has 124 valence electrons. The Hall–Kier alpha value is -1.15. The third kappa shape index (κ3) is 4.44. The Labute approximate surface area is 157 Å². The van der Waals surface area contributed by atoms with Gasteiger partial charge in [0.1, 0.15) is 5.82 Å². The summed E-state index contributed by atoms with van der Waals surface area (Å²) < 4.78 is 13.8. The maximum absolute atomic E-state index is 13.8. The van der Waals surface area contributed by atoms with Crippen molar-refractivity contribution in [3.05, 3.63) is 58.0 Å². The SMILES string of the molecule is CN=C(NC(C)c1cccs1)NC1CC1c1ccccc1F.I. The Bertz CT molecular complexity index is 660. The minimum Gasteiger partial charge on any atom is -0.353 e. The number of aliphatic imine (C=N–C) groups is 1. The number of halogens is 2. The van der Waals surface area contributed by atoms with Crippen LogP contribution in [0.15, 0.2) is 46.8 Å². The van der Waals surface area contributed by atoms with Crippen LogP contribution in [0, 0.1) is 5.82 Å². The van der Waals surface area contributed by atoms with E-state index in [1.165, 1.54) is 10.9 Å². The van der Waals surface area contributed by atoms with Crippen molar-refractivity contribution in [2.24, 2.45) is 4.99 Å². The summed E-state index contributed by atoms with van der Waals surface area (Å²) in [7, 11) is 1.76. The quantitative estimate of drug-likeness (QED) is 0.419. The maximum Gasteiger partial charge on any atom is 0.191 e. The molecule has 0 radical (unpaired) electrons. The molecule has 3 rings (SSSR count). The highest BCUT2D eigenvalue weighted by Gasteiger charge is 2.40. The van der Waals surface area contributed by atoms with Crippen LogP contribution >= 0.6 is 35.3 Å². The molecule has 3 atom stereocenters.